The van der Waals surface area contributed by atoms with Gasteiger partial charge in [-0.2, -0.15) is 0 Å². The van der Waals surface area contributed by atoms with Crippen molar-refractivity contribution in [3.05, 3.63) is 0 Å². The van der Waals surface area contributed by atoms with Crippen LogP contribution in [0.4, 0.5) is 0 Å². The van der Waals surface area contributed by atoms with Crippen LogP contribution in [-0.2, 0) is 4.74 Å². The second-order valence-corrected chi connectivity index (χ2v) is 8.70. The molecule has 21 heavy (non-hydrogen) atoms. The topological polar surface area (TPSA) is 38.5 Å². The normalized spacial score (nSPS) is 38.4. The van der Waals surface area contributed by atoms with Gasteiger partial charge in [0.05, 0.1) is 11.7 Å². The molecule has 1 saturated heterocycles. The van der Waals surface area contributed by atoms with Crippen molar-refractivity contribution in [1.29, 1.82) is 0 Å². The maximum absolute atomic E-state index is 6.51. The lowest BCUT2D eigenvalue weighted by molar-refractivity contribution is -0.144. The van der Waals surface area contributed by atoms with E-state index in [9.17, 15) is 0 Å². The largest absolute Gasteiger partial charge is 0.370 e. The standard InChI is InChI=1S/C18H36N2O/c1-7-17(3,4)14-8-9-15(19)16(10-14)20-11-13(2)21-18(5,6)12-20/h13-16H,7-12,19H2,1-6H3. The van der Waals surface area contributed by atoms with Gasteiger partial charge in [0.1, 0.15) is 0 Å². The van der Waals surface area contributed by atoms with Crippen molar-refractivity contribution >= 4 is 0 Å². The molecule has 3 heteroatoms. The van der Waals surface area contributed by atoms with Crippen LogP contribution in [0.1, 0.15) is 67.2 Å². The molecule has 0 bridgehead atoms. The molecule has 4 atom stereocenters. The van der Waals surface area contributed by atoms with Crippen LogP contribution >= 0.6 is 0 Å². The maximum Gasteiger partial charge on any atom is 0.0757 e. The highest BCUT2D eigenvalue weighted by Crippen LogP contribution is 2.42. The van der Waals surface area contributed by atoms with Crippen molar-refractivity contribution in [1.82, 2.24) is 4.90 Å². The molecule has 1 heterocycles. The van der Waals surface area contributed by atoms with Crippen molar-refractivity contribution in [2.45, 2.75) is 91.0 Å². The highest BCUT2D eigenvalue weighted by Gasteiger charge is 2.42. The first-order chi connectivity index (χ1) is 9.64. The summed E-state index contributed by atoms with van der Waals surface area (Å²) in [7, 11) is 0. The number of hydrogen-bond acceptors (Lipinski definition) is 3. The zero-order valence-electron chi connectivity index (χ0n) is 15.0. The van der Waals surface area contributed by atoms with Gasteiger partial charge in [-0.3, -0.25) is 4.90 Å². The zero-order valence-corrected chi connectivity index (χ0v) is 15.0. The molecule has 0 amide bonds. The lowest BCUT2D eigenvalue weighted by Crippen LogP contribution is -2.61. The monoisotopic (exact) mass is 296 g/mol. The van der Waals surface area contributed by atoms with Gasteiger partial charge in [-0.05, 0) is 51.4 Å². The van der Waals surface area contributed by atoms with Gasteiger partial charge in [0.15, 0.2) is 0 Å². The SMILES string of the molecule is CCC(C)(C)C1CCC(N)C(N2CC(C)OC(C)(C)C2)C1. The number of hydrogen-bond donors (Lipinski definition) is 1. The van der Waals surface area contributed by atoms with Crippen LogP contribution in [-0.4, -0.2) is 41.8 Å². The van der Waals surface area contributed by atoms with Crippen LogP contribution in [0.25, 0.3) is 0 Å². The minimum absolute atomic E-state index is 0.0510. The predicted octanol–water partition coefficient (Wildman–Crippen LogP) is 3.42. The number of morpholine rings is 1. The number of nitrogens with zero attached hydrogens (tertiary/aromatic N) is 1. The predicted molar refractivity (Wildman–Crippen MR) is 89.4 cm³/mol. The van der Waals surface area contributed by atoms with E-state index >= 15 is 0 Å². The third-order valence-corrected chi connectivity index (χ3v) is 5.95. The molecule has 4 unspecified atom stereocenters. The molecule has 0 aromatic carbocycles. The molecule has 1 saturated carbocycles. The molecular weight excluding hydrogens is 260 g/mol. The van der Waals surface area contributed by atoms with Crippen LogP contribution in [0.5, 0.6) is 0 Å². The summed E-state index contributed by atoms with van der Waals surface area (Å²) in [6, 6.07) is 0.857. The molecule has 2 aliphatic rings. The van der Waals surface area contributed by atoms with E-state index in [1.165, 1.54) is 25.7 Å². The van der Waals surface area contributed by atoms with Gasteiger partial charge in [-0.15, -0.1) is 0 Å². The summed E-state index contributed by atoms with van der Waals surface area (Å²) in [5.41, 5.74) is 6.89. The summed E-state index contributed by atoms with van der Waals surface area (Å²) in [4.78, 5) is 2.62. The molecule has 0 spiro atoms. The van der Waals surface area contributed by atoms with Gasteiger partial charge in [-0.25, -0.2) is 0 Å². The lowest BCUT2D eigenvalue weighted by atomic mass is 9.67. The average molecular weight is 296 g/mol. The Kier molecular flexibility index (Phi) is 5.07. The second kappa shape index (κ2) is 6.17. The number of nitrogens with two attached hydrogens (primary N) is 1. The Morgan fingerprint density at radius 2 is 1.95 bits per heavy atom. The first-order valence-electron chi connectivity index (χ1n) is 8.82. The zero-order chi connectivity index (χ0) is 15.8. The van der Waals surface area contributed by atoms with Gasteiger partial charge in [-0.1, -0.05) is 27.2 Å². The van der Waals surface area contributed by atoms with Crippen LogP contribution in [0, 0.1) is 11.3 Å². The van der Waals surface area contributed by atoms with Gasteiger partial charge in [0.2, 0.25) is 0 Å². The molecule has 2 rings (SSSR count). The fourth-order valence-corrected chi connectivity index (χ4v) is 4.34. The maximum atomic E-state index is 6.51. The van der Waals surface area contributed by atoms with Crippen molar-refractivity contribution in [3.63, 3.8) is 0 Å². The summed E-state index contributed by atoms with van der Waals surface area (Å²) in [5.74, 6) is 0.800. The molecule has 2 fully saturated rings. The third-order valence-electron chi connectivity index (χ3n) is 5.95. The van der Waals surface area contributed by atoms with Gasteiger partial charge < -0.3 is 10.5 Å². The van der Waals surface area contributed by atoms with E-state index < -0.39 is 0 Å². The van der Waals surface area contributed by atoms with Crippen LogP contribution in [0.3, 0.4) is 0 Å². The van der Waals surface area contributed by atoms with Crippen LogP contribution in [0.15, 0.2) is 0 Å². The van der Waals surface area contributed by atoms with Crippen LogP contribution < -0.4 is 5.73 Å². The molecule has 2 N–H and O–H groups in total. The highest BCUT2D eigenvalue weighted by molar-refractivity contribution is 4.96. The molecule has 3 nitrogen and oxygen atoms in total. The summed E-state index contributed by atoms with van der Waals surface area (Å²) in [6.07, 6.45) is 5.28. The van der Waals surface area contributed by atoms with E-state index in [0.717, 1.165) is 19.0 Å². The van der Waals surface area contributed by atoms with Crippen molar-refractivity contribution < 1.29 is 4.74 Å². The van der Waals surface area contributed by atoms with E-state index in [1.54, 1.807) is 0 Å². The van der Waals surface area contributed by atoms with Gasteiger partial charge in [0, 0.05) is 25.2 Å². The Bertz CT molecular complexity index is 353. The average Bonchev–Trinajstić information content (AvgIpc) is 2.36. The summed E-state index contributed by atoms with van der Waals surface area (Å²) in [5, 5.41) is 0. The first-order valence-corrected chi connectivity index (χ1v) is 8.82. The van der Waals surface area contributed by atoms with Crippen LogP contribution in [0.2, 0.25) is 0 Å². The minimum atomic E-state index is -0.0510. The van der Waals surface area contributed by atoms with Gasteiger partial charge in [0.25, 0.3) is 0 Å². The fraction of sp³-hybridized carbons (Fsp3) is 1.00. The van der Waals surface area contributed by atoms with E-state index in [-0.39, 0.29) is 5.60 Å². The number of rotatable bonds is 3. The molecule has 124 valence electrons. The lowest BCUT2D eigenvalue weighted by Gasteiger charge is -2.50. The Balaban J connectivity index is 2.09. The quantitative estimate of drug-likeness (QED) is 0.867. The second-order valence-electron chi connectivity index (χ2n) is 8.70. The minimum Gasteiger partial charge on any atom is -0.370 e. The molecule has 1 aliphatic heterocycles. The first kappa shape index (κ1) is 17.2. The Hall–Kier alpha value is -0.120. The van der Waals surface area contributed by atoms with E-state index in [0.29, 0.717) is 23.6 Å². The highest BCUT2D eigenvalue weighted by atomic mass is 16.5. The Morgan fingerprint density at radius 3 is 2.52 bits per heavy atom. The third kappa shape index (κ3) is 4.00. The smallest absolute Gasteiger partial charge is 0.0757 e. The van der Waals surface area contributed by atoms with Crippen molar-refractivity contribution in [2.24, 2.45) is 17.1 Å². The summed E-state index contributed by atoms with van der Waals surface area (Å²) < 4.78 is 6.06. The molecule has 1 aliphatic carbocycles. The van der Waals surface area contributed by atoms with E-state index in [4.69, 9.17) is 10.5 Å². The molecule has 0 radical (unpaired) electrons. The van der Waals surface area contributed by atoms with E-state index in [2.05, 4.69) is 46.4 Å². The van der Waals surface area contributed by atoms with Crippen molar-refractivity contribution in [2.75, 3.05) is 13.1 Å². The summed E-state index contributed by atoms with van der Waals surface area (Å²) in [6.45, 7) is 15.8. The summed E-state index contributed by atoms with van der Waals surface area (Å²) >= 11 is 0. The Labute approximate surface area is 131 Å². The number of ether oxygens (including phenoxy) is 1. The fourth-order valence-electron chi connectivity index (χ4n) is 4.34. The molecule has 0 aromatic rings. The van der Waals surface area contributed by atoms with Crippen molar-refractivity contribution in [3.8, 4) is 0 Å². The van der Waals surface area contributed by atoms with E-state index in [1.807, 2.05) is 0 Å². The Morgan fingerprint density at radius 1 is 1.29 bits per heavy atom. The molecule has 0 aromatic heterocycles. The molecular formula is C18H36N2O. The van der Waals surface area contributed by atoms with Gasteiger partial charge >= 0.3 is 0 Å².